The van der Waals surface area contributed by atoms with Gasteiger partial charge in [0.1, 0.15) is 6.61 Å². The first-order valence-corrected chi connectivity index (χ1v) is 5.88. The zero-order chi connectivity index (χ0) is 13.7. The van der Waals surface area contributed by atoms with Crippen molar-refractivity contribution in [2.24, 2.45) is 5.73 Å². The SMILES string of the molecule is NC(=O)COCCNC(=O)c1ccc2[nH]ccc2c1. The molecule has 0 fully saturated rings. The van der Waals surface area contributed by atoms with E-state index in [0.717, 1.165) is 10.9 Å². The maximum absolute atomic E-state index is 11.8. The molecule has 1 aromatic heterocycles. The molecule has 0 bridgehead atoms. The zero-order valence-electron chi connectivity index (χ0n) is 10.3. The second kappa shape index (κ2) is 6.01. The second-order valence-electron chi connectivity index (χ2n) is 4.05. The number of carbonyl (C=O) groups excluding carboxylic acids is 2. The molecule has 2 rings (SSSR count). The van der Waals surface area contributed by atoms with Crippen molar-refractivity contribution < 1.29 is 14.3 Å². The van der Waals surface area contributed by atoms with Crippen LogP contribution in [0.2, 0.25) is 0 Å². The molecule has 0 aliphatic heterocycles. The maximum Gasteiger partial charge on any atom is 0.251 e. The molecule has 0 unspecified atom stereocenters. The highest BCUT2D eigenvalue weighted by Gasteiger charge is 2.06. The summed E-state index contributed by atoms with van der Waals surface area (Å²) in [6, 6.07) is 7.32. The van der Waals surface area contributed by atoms with Gasteiger partial charge in [-0.05, 0) is 24.3 Å². The van der Waals surface area contributed by atoms with Crippen LogP contribution in [0.4, 0.5) is 0 Å². The van der Waals surface area contributed by atoms with Gasteiger partial charge in [0, 0.05) is 29.2 Å². The molecular formula is C13H15N3O3. The predicted octanol–water partition coefficient (Wildman–Crippen LogP) is 0.400. The number of hydrogen-bond donors (Lipinski definition) is 3. The molecule has 6 nitrogen and oxygen atoms in total. The Morgan fingerprint density at radius 1 is 1.32 bits per heavy atom. The van der Waals surface area contributed by atoms with Crippen LogP contribution in [0.15, 0.2) is 30.5 Å². The van der Waals surface area contributed by atoms with Gasteiger partial charge in [-0.15, -0.1) is 0 Å². The topological polar surface area (TPSA) is 97.2 Å². The third-order valence-electron chi connectivity index (χ3n) is 2.59. The largest absolute Gasteiger partial charge is 0.370 e. The molecule has 2 amide bonds. The molecule has 6 heteroatoms. The maximum atomic E-state index is 11.8. The molecule has 19 heavy (non-hydrogen) atoms. The van der Waals surface area contributed by atoms with E-state index in [9.17, 15) is 9.59 Å². The van der Waals surface area contributed by atoms with Crippen molar-refractivity contribution in [3.8, 4) is 0 Å². The minimum absolute atomic E-state index is 0.134. The Kier molecular flexibility index (Phi) is 4.15. The first kappa shape index (κ1) is 13.1. The van der Waals surface area contributed by atoms with Gasteiger partial charge in [-0.25, -0.2) is 0 Å². The Labute approximate surface area is 109 Å². The number of primary amides is 1. The van der Waals surface area contributed by atoms with Crippen molar-refractivity contribution in [3.63, 3.8) is 0 Å². The molecule has 0 saturated heterocycles. The van der Waals surface area contributed by atoms with E-state index in [1.54, 1.807) is 6.07 Å². The van der Waals surface area contributed by atoms with Crippen molar-refractivity contribution >= 4 is 22.7 Å². The Bertz CT molecular complexity index is 592. The van der Waals surface area contributed by atoms with Gasteiger partial charge in [-0.1, -0.05) is 0 Å². The summed E-state index contributed by atoms with van der Waals surface area (Å²) in [5.74, 6) is -0.699. The number of H-pyrrole nitrogens is 1. The standard InChI is InChI=1S/C13H15N3O3/c14-12(17)8-19-6-5-16-13(18)10-1-2-11-9(7-10)3-4-15-11/h1-4,7,15H,5-6,8H2,(H2,14,17)(H,16,18). The highest BCUT2D eigenvalue weighted by molar-refractivity contribution is 5.98. The number of hydrogen-bond acceptors (Lipinski definition) is 3. The number of fused-ring (bicyclic) bond motifs is 1. The molecule has 1 aromatic carbocycles. The van der Waals surface area contributed by atoms with Crippen LogP contribution in [0, 0.1) is 0 Å². The quantitative estimate of drug-likeness (QED) is 0.656. The molecule has 100 valence electrons. The molecule has 0 aliphatic rings. The number of nitrogens with two attached hydrogens (primary N) is 1. The van der Waals surface area contributed by atoms with E-state index in [4.69, 9.17) is 10.5 Å². The second-order valence-corrected chi connectivity index (χ2v) is 4.05. The van der Waals surface area contributed by atoms with Crippen LogP contribution in [-0.2, 0) is 9.53 Å². The van der Waals surface area contributed by atoms with Gasteiger partial charge in [0.05, 0.1) is 6.61 Å². The average molecular weight is 261 g/mol. The van der Waals surface area contributed by atoms with Crippen molar-refractivity contribution in [1.82, 2.24) is 10.3 Å². The Hall–Kier alpha value is -2.34. The lowest BCUT2D eigenvalue weighted by atomic mass is 10.1. The monoisotopic (exact) mass is 261 g/mol. The summed E-state index contributed by atoms with van der Waals surface area (Å²) in [7, 11) is 0. The van der Waals surface area contributed by atoms with Gasteiger partial charge in [0.25, 0.3) is 5.91 Å². The number of nitrogens with one attached hydrogen (secondary N) is 2. The molecule has 1 heterocycles. The summed E-state index contributed by atoms with van der Waals surface area (Å²) >= 11 is 0. The van der Waals surface area contributed by atoms with Crippen molar-refractivity contribution in [2.75, 3.05) is 19.8 Å². The van der Waals surface area contributed by atoms with E-state index < -0.39 is 5.91 Å². The van der Waals surface area contributed by atoms with Gasteiger partial charge < -0.3 is 20.8 Å². The number of carbonyl (C=O) groups is 2. The first-order chi connectivity index (χ1) is 9.16. The summed E-state index contributed by atoms with van der Waals surface area (Å²) in [4.78, 5) is 25.3. The molecule has 0 radical (unpaired) electrons. The van der Waals surface area contributed by atoms with E-state index in [1.165, 1.54) is 0 Å². The summed E-state index contributed by atoms with van der Waals surface area (Å²) in [6.07, 6.45) is 1.82. The number of amides is 2. The molecule has 4 N–H and O–H groups in total. The van der Waals surface area contributed by atoms with Crippen molar-refractivity contribution in [1.29, 1.82) is 0 Å². The zero-order valence-corrected chi connectivity index (χ0v) is 10.3. The van der Waals surface area contributed by atoms with Crippen LogP contribution < -0.4 is 11.1 Å². The highest BCUT2D eigenvalue weighted by atomic mass is 16.5. The van der Waals surface area contributed by atoms with E-state index in [2.05, 4.69) is 10.3 Å². The average Bonchev–Trinajstić information content (AvgIpc) is 2.84. The fourth-order valence-corrected chi connectivity index (χ4v) is 1.71. The Morgan fingerprint density at radius 2 is 2.16 bits per heavy atom. The third-order valence-corrected chi connectivity index (χ3v) is 2.59. The van der Waals surface area contributed by atoms with Gasteiger partial charge in [0.15, 0.2) is 0 Å². The fraction of sp³-hybridized carbons (Fsp3) is 0.231. The molecule has 0 aliphatic carbocycles. The summed E-state index contributed by atoms with van der Waals surface area (Å²) in [5, 5.41) is 3.69. The molecule has 0 saturated carbocycles. The van der Waals surface area contributed by atoms with Gasteiger partial charge >= 0.3 is 0 Å². The molecule has 2 aromatic rings. The lowest BCUT2D eigenvalue weighted by molar-refractivity contribution is -0.122. The number of aromatic amines is 1. The van der Waals surface area contributed by atoms with Crippen LogP contribution in [-0.4, -0.2) is 36.6 Å². The van der Waals surface area contributed by atoms with Crippen LogP contribution in [0.1, 0.15) is 10.4 Å². The summed E-state index contributed by atoms with van der Waals surface area (Å²) in [5.41, 5.74) is 6.49. The van der Waals surface area contributed by atoms with E-state index >= 15 is 0 Å². The van der Waals surface area contributed by atoms with E-state index in [0.29, 0.717) is 12.1 Å². The molecular weight excluding hydrogens is 246 g/mol. The van der Waals surface area contributed by atoms with Crippen LogP contribution >= 0.6 is 0 Å². The van der Waals surface area contributed by atoms with Crippen LogP contribution in [0.5, 0.6) is 0 Å². The number of ether oxygens (including phenoxy) is 1. The Balaban J connectivity index is 1.84. The van der Waals surface area contributed by atoms with Crippen LogP contribution in [0.25, 0.3) is 10.9 Å². The summed E-state index contributed by atoms with van der Waals surface area (Å²) in [6.45, 7) is 0.448. The minimum atomic E-state index is -0.524. The lowest BCUT2D eigenvalue weighted by Crippen LogP contribution is -2.28. The normalized spacial score (nSPS) is 10.5. The lowest BCUT2D eigenvalue weighted by Gasteiger charge is -2.05. The van der Waals surface area contributed by atoms with Crippen LogP contribution in [0.3, 0.4) is 0 Å². The molecule has 0 atom stereocenters. The fourth-order valence-electron chi connectivity index (χ4n) is 1.71. The van der Waals surface area contributed by atoms with Gasteiger partial charge in [0.2, 0.25) is 5.91 Å². The number of benzene rings is 1. The first-order valence-electron chi connectivity index (χ1n) is 5.88. The highest BCUT2D eigenvalue weighted by Crippen LogP contribution is 2.13. The van der Waals surface area contributed by atoms with E-state index in [1.807, 2.05) is 24.4 Å². The minimum Gasteiger partial charge on any atom is -0.370 e. The predicted molar refractivity (Wildman–Crippen MR) is 70.6 cm³/mol. The van der Waals surface area contributed by atoms with Gasteiger partial charge in [-0.2, -0.15) is 0 Å². The molecule has 0 spiro atoms. The van der Waals surface area contributed by atoms with Crippen molar-refractivity contribution in [2.45, 2.75) is 0 Å². The van der Waals surface area contributed by atoms with Crippen molar-refractivity contribution in [3.05, 3.63) is 36.0 Å². The number of rotatable bonds is 6. The summed E-state index contributed by atoms with van der Waals surface area (Å²) < 4.78 is 4.94. The van der Waals surface area contributed by atoms with E-state index in [-0.39, 0.29) is 19.1 Å². The number of aromatic nitrogens is 1. The third kappa shape index (κ3) is 3.56. The Morgan fingerprint density at radius 3 is 2.95 bits per heavy atom. The smallest absolute Gasteiger partial charge is 0.251 e. The van der Waals surface area contributed by atoms with Gasteiger partial charge in [-0.3, -0.25) is 9.59 Å².